The summed E-state index contributed by atoms with van der Waals surface area (Å²) in [6.45, 7) is 2.95. The van der Waals surface area contributed by atoms with Gasteiger partial charge in [0.25, 0.3) is 10.0 Å². The minimum Gasteiger partial charge on any atom is -0.481 e. The summed E-state index contributed by atoms with van der Waals surface area (Å²) < 4.78 is 25.7. The van der Waals surface area contributed by atoms with Gasteiger partial charge in [-0.2, -0.15) is 5.10 Å². The predicted octanol–water partition coefficient (Wildman–Crippen LogP) is -1.20. The van der Waals surface area contributed by atoms with Gasteiger partial charge in [0.05, 0.1) is 19.2 Å². The van der Waals surface area contributed by atoms with Crippen molar-refractivity contribution in [1.29, 1.82) is 0 Å². The van der Waals surface area contributed by atoms with Crippen LogP contribution in [0.15, 0.2) is 17.3 Å². The third-order valence-corrected chi connectivity index (χ3v) is 4.56. The molecule has 1 fully saturated rings. The van der Waals surface area contributed by atoms with Crippen LogP contribution in [0.1, 0.15) is 6.42 Å². The first kappa shape index (κ1) is 15.9. The van der Waals surface area contributed by atoms with Gasteiger partial charge in [0.15, 0.2) is 0 Å². The van der Waals surface area contributed by atoms with Crippen LogP contribution >= 0.6 is 0 Å². The fourth-order valence-corrected chi connectivity index (χ4v) is 3.01. The summed E-state index contributed by atoms with van der Waals surface area (Å²) in [7, 11) is -1.68. The molecule has 1 aliphatic heterocycles. The minimum absolute atomic E-state index is 0.0341. The number of carbonyl (C=O) groups is 1. The number of carboxylic acids is 1. The van der Waals surface area contributed by atoms with Crippen molar-refractivity contribution in [3.63, 3.8) is 0 Å². The van der Waals surface area contributed by atoms with E-state index in [4.69, 9.17) is 5.11 Å². The second-order valence-corrected chi connectivity index (χ2v) is 6.63. The van der Waals surface area contributed by atoms with Crippen molar-refractivity contribution >= 4 is 16.0 Å². The Morgan fingerprint density at radius 3 is 2.67 bits per heavy atom. The lowest BCUT2D eigenvalue weighted by Crippen LogP contribution is -2.52. The van der Waals surface area contributed by atoms with Crippen LogP contribution in [0, 0.1) is 0 Å². The van der Waals surface area contributed by atoms with Crippen molar-refractivity contribution in [1.82, 2.24) is 24.5 Å². The molecule has 0 bridgehead atoms. The maximum absolute atomic E-state index is 12.2. The highest BCUT2D eigenvalue weighted by Gasteiger charge is 2.22. The van der Waals surface area contributed by atoms with E-state index in [2.05, 4.69) is 14.8 Å². The topological polar surface area (TPSA) is 108 Å². The highest BCUT2D eigenvalue weighted by molar-refractivity contribution is 7.89. The number of aromatic nitrogens is 2. The standard InChI is InChI=1S/C11H19N5O4S/c1-14-4-6-15(7-5-14)13-21(19,20)10-8-12-16(9-10)3-2-11(17)18/h8-9,13H,2-7H2,1H3,(H,17,18). The highest BCUT2D eigenvalue weighted by Crippen LogP contribution is 2.09. The molecule has 0 radical (unpaired) electrons. The van der Waals surface area contributed by atoms with Crippen molar-refractivity contribution < 1.29 is 18.3 Å². The van der Waals surface area contributed by atoms with Crippen molar-refractivity contribution in [3.8, 4) is 0 Å². The van der Waals surface area contributed by atoms with E-state index in [9.17, 15) is 13.2 Å². The average molecular weight is 317 g/mol. The summed E-state index contributed by atoms with van der Waals surface area (Å²) in [5.74, 6) is -0.953. The summed E-state index contributed by atoms with van der Waals surface area (Å²) in [4.78, 5) is 15.2. The lowest BCUT2D eigenvalue weighted by Gasteiger charge is -2.31. The van der Waals surface area contributed by atoms with Crippen LogP contribution in [0.4, 0.5) is 0 Å². The molecule has 2 N–H and O–H groups in total. The van der Waals surface area contributed by atoms with E-state index in [0.29, 0.717) is 13.1 Å². The molecule has 2 rings (SSSR count). The van der Waals surface area contributed by atoms with Gasteiger partial charge < -0.3 is 10.0 Å². The molecule has 2 heterocycles. The number of carboxylic acid groups (broad SMARTS) is 1. The SMILES string of the molecule is CN1CCN(NS(=O)(=O)c2cnn(CCC(=O)O)c2)CC1. The quantitative estimate of drug-likeness (QED) is 0.678. The second kappa shape index (κ2) is 6.52. The summed E-state index contributed by atoms with van der Waals surface area (Å²) in [5, 5.41) is 14.1. The van der Waals surface area contributed by atoms with Crippen LogP contribution in [0.3, 0.4) is 0 Å². The van der Waals surface area contributed by atoms with Crippen LogP contribution in [0.5, 0.6) is 0 Å². The zero-order chi connectivity index (χ0) is 15.5. The zero-order valence-electron chi connectivity index (χ0n) is 11.8. The molecule has 10 heteroatoms. The van der Waals surface area contributed by atoms with E-state index in [1.54, 1.807) is 5.01 Å². The predicted molar refractivity (Wildman–Crippen MR) is 73.9 cm³/mol. The monoisotopic (exact) mass is 317 g/mol. The first-order chi connectivity index (χ1) is 9.87. The molecule has 9 nitrogen and oxygen atoms in total. The molecule has 1 aromatic rings. The lowest BCUT2D eigenvalue weighted by atomic mass is 10.4. The molecule has 0 atom stereocenters. The molecule has 0 saturated carbocycles. The maximum Gasteiger partial charge on any atom is 0.305 e. The number of aliphatic carboxylic acids is 1. The van der Waals surface area contributed by atoms with E-state index in [0.717, 1.165) is 13.1 Å². The Bertz CT molecular complexity index is 592. The number of nitrogens with one attached hydrogen (secondary N) is 1. The summed E-state index contributed by atoms with van der Waals surface area (Å²) >= 11 is 0. The molecule has 0 aromatic carbocycles. The number of nitrogens with zero attached hydrogens (tertiary/aromatic N) is 4. The molecule has 118 valence electrons. The number of rotatable bonds is 6. The van der Waals surface area contributed by atoms with Gasteiger partial charge in [-0.3, -0.25) is 9.48 Å². The Kier molecular flexibility index (Phi) is 4.93. The van der Waals surface area contributed by atoms with E-state index >= 15 is 0 Å². The van der Waals surface area contributed by atoms with Gasteiger partial charge in [0.2, 0.25) is 0 Å². The van der Waals surface area contributed by atoms with E-state index in [1.807, 2.05) is 7.05 Å². The van der Waals surface area contributed by atoms with Crippen LogP contribution in [-0.4, -0.2) is 72.4 Å². The normalized spacial score (nSPS) is 18.0. The molecule has 1 saturated heterocycles. The maximum atomic E-state index is 12.2. The van der Waals surface area contributed by atoms with Crippen molar-refractivity contribution in [2.24, 2.45) is 0 Å². The zero-order valence-corrected chi connectivity index (χ0v) is 12.6. The number of hydrazine groups is 1. The molecule has 0 amide bonds. The van der Waals surface area contributed by atoms with Gasteiger partial charge in [-0.15, -0.1) is 4.83 Å². The summed E-state index contributed by atoms with van der Waals surface area (Å²) in [6.07, 6.45) is 2.45. The van der Waals surface area contributed by atoms with Crippen molar-refractivity contribution in [2.75, 3.05) is 33.2 Å². The minimum atomic E-state index is -3.67. The Labute approximate surface area is 123 Å². The van der Waals surface area contributed by atoms with Crippen molar-refractivity contribution in [2.45, 2.75) is 17.9 Å². The van der Waals surface area contributed by atoms with Crippen LogP contribution in [0.2, 0.25) is 0 Å². The number of likely N-dealkylation sites (N-methyl/N-ethyl adjacent to an activating group) is 1. The molecule has 1 aliphatic rings. The fourth-order valence-electron chi connectivity index (χ4n) is 1.94. The number of hydrogen-bond donors (Lipinski definition) is 2. The Balaban J connectivity index is 1.97. The lowest BCUT2D eigenvalue weighted by molar-refractivity contribution is -0.137. The Morgan fingerprint density at radius 1 is 1.38 bits per heavy atom. The molecule has 1 aromatic heterocycles. The number of sulfonamides is 1. The molecule has 0 unspecified atom stereocenters. The van der Waals surface area contributed by atoms with E-state index < -0.39 is 16.0 Å². The highest BCUT2D eigenvalue weighted by atomic mass is 32.2. The second-order valence-electron chi connectivity index (χ2n) is 4.97. The molecule has 0 spiro atoms. The van der Waals surface area contributed by atoms with Gasteiger partial charge in [0.1, 0.15) is 4.90 Å². The third kappa shape index (κ3) is 4.49. The summed E-state index contributed by atoms with van der Waals surface area (Å²) in [6, 6.07) is 0. The van der Waals surface area contributed by atoms with Gasteiger partial charge in [-0.1, -0.05) is 0 Å². The van der Waals surface area contributed by atoms with Gasteiger partial charge >= 0.3 is 5.97 Å². The van der Waals surface area contributed by atoms with E-state index in [1.165, 1.54) is 17.1 Å². The molecule has 0 aliphatic carbocycles. The fraction of sp³-hybridized carbons (Fsp3) is 0.636. The molecular formula is C11H19N5O4S. The summed E-state index contributed by atoms with van der Waals surface area (Å²) in [5.41, 5.74) is 0. The number of aryl methyl sites for hydroxylation is 1. The average Bonchev–Trinajstić information content (AvgIpc) is 2.88. The van der Waals surface area contributed by atoms with E-state index in [-0.39, 0.29) is 17.9 Å². The Hall–Kier alpha value is -1.49. The van der Waals surface area contributed by atoms with Gasteiger partial charge in [-0.25, -0.2) is 13.4 Å². The first-order valence-corrected chi connectivity index (χ1v) is 8.05. The van der Waals surface area contributed by atoms with Crippen LogP contribution in [0.25, 0.3) is 0 Å². The number of piperazine rings is 1. The molecule has 21 heavy (non-hydrogen) atoms. The smallest absolute Gasteiger partial charge is 0.305 e. The van der Waals surface area contributed by atoms with Crippen LogP contribution in [-0.2, 0) is 21.4 Å². The van der Waals surface area contributed by atoms with Crippen molar-refractivity contribution in [3.05, 3.63) is 12.4 Å². The first-order valence-electron chi connectivity index (χ1n) is 6.57. The van der Waals surface area contributed by atoms with Gasteiger partial charge in [-0.05, 0) is 7.05 Å². The van der Waals surface area contributed by atoms with Gasteiger partial charge in [0, 0.05) is 32.4 Å². The number of hydrogen-bond acceptors (Lipinski definition) is 6. The largest absolute Gasteiger partial charge is 0.481 e. The Morgan fingerprint density at radius 2 is 2.05 bits per heavy atom. The third-order valence-electron chi connectivity index (χ3n) is 3.23. The van der Waals surface area contributed by atoms with Crippen LogP contribution < -0.4 is 4.83 Å². The molecular weight excluding hydrogens is 298 g/mol.